The predicted octanol–water partition coefficient (Wildman–Crippen LogP) is 1.99. The molecule has 0 aromatic carbocycles. The van der Waals surface area contributed by atoms with Crippen molar-refractivity contribution in [1.29, 1.82) is 0 Å². The molecule has 1 aliphatic rings. The van der Waals surface area contributed by atoms with Crippen molar-refractivity contribution in [2.45, 2.75) is 44.6 Å². The lowest BCUT2D eigenvalue weighted by atomic mass is 9.90. The summed E-state index contributed by atoms with van der Waals surface area (Å²) in [5, 5.41) is 9.44. The van der Waals surface area contributed by atoms with E-state index in [1.807, 2.05) is 13.2 Å². The van der Waals surface area contributed by atoms with Crippen molar-refractivity contribution < 1.29 is 14.7 Å². The van der Waals surface area contributed by atoms with Gasteiger partial charge in [-0.05, 0) is 25.5 Å². The van der Waals surface area contributed by atoms with Gasteiger partial charge in [-0.1, -0.05) is 13.3 Å². The molecule has 1 fully saturated rings. The van der Waals surface area contributed by atoms with Gasteiger partial charge in [-0.2, -0.15) is 11.8 Å². The van der Waals surface area contributed by atoms with Crippen LogP contribution in [0.25, 0.3) is 0 Å². The number of rotatable bonds is 6. The first-order chi connectivity index (χ1) is 8.08. The van der Waals surface area contributed by atoms with Gasteiger partial charge in [0.15, 0.2) is 0 Å². The average molecular weight is 259 g/mol. The number of carboxylic acid groups (broad SMARTS) is 1. The fourth-order valence-corrected chi connectivity index (χ4v) is 2.95. The van der Waals surface area contributed by atoms with Crippen LogP contribution in [0, 0.1) is 0 Å². The molecule has 5 heteroatoms. The molecule has 1 amide bonds. The topological polar surface area (TPSA) is 57.6 Å². The van der Waals surface area contributed by atoms with E-state index >= 15 is 0 Å². The van der Waals surface area contributed by atoms with Gasteiger partial charge in [-0.3, -0.25) is 4.79 Å². The maximum Gasteiger partial charge on any atom is 0.329 e. The second-order valence-electron chi connectivity index (χ2n) is 4.48. The zero-order chi connectivity index (χ0) is 12.9. The zero-order valence-corrected chi connectivity index (χ0v) is 11.4. The first-order valence-electron chi connectivity index (χ1n) is 6.11. The van der Waals surface area contributed by atoms with Crippen LogP contribution in [-0.2, 0) is 9.59 Å². The summed E-state index contributed by atoms with van der Waals surface area (Å²) in [6.45, 7) is 2.56. The standard InChI is InChI=1S/C12H21NO3S/c1-3-6-12(11(15)16)7-4-8-13(12)10(14)5-9-17-2/h3-9H2,1-2H3,(H,15,16). The summed E-state index contributed by atoms with van der Waals surface area (Å²) < 4.78 is 0. The Bertz CT molecular complexity index is 295. The predicted molar refractivity (Wildman–Crippen MR) is 69.2 cm³/mol. The quantitative estimate of drug-likeness (QED) is 0.792. The number of carbonyl (C=O) groups excluding carboxylic acids is 1. The number of carboxylic acids is 1. The van der Waals surface area contributed by atoms with E-state index in [-0.39, 0.29) is 5.91 Å². The van der Waals surface area contributed by atoms with Gasteiger partial charge in [-0.25, -0.2) is 4.79 Å². The van der Waals surface area contributed by atoms with E-state index in [0.29, 0.717) is 25.8 Å². The Morgan fingerprint density at radius 3 is 2.71 bits per heavy atom. The first kappa shape index (κ1) is 14.4. The van der Waals surface area contributed by atoms with E-state index in [4.69, 9.17) is 0 Å². The summed E-state index contributed by atoms with van der Waals surface area (Å²) >= 11 is 1.62. The van der Waals surface area contributed by atoms with Gasteiger partial charge in [-0.15, -0.1) is 0 Å². The molecule has 0 aromatic rings. The van der Waals surface area contributed by atoms with Gasteiger partial charge in [0.2, 0.25) is 5.91 Å². The van der Waals surface area contributed by atoms with E-state index in [0.717, 1.165) is 18.6 Å². The summed E-state index contributed by atoms with van der Waals surface area (Å²) in [5.74, 6) is -0.0843. The fraction of sp³-hybridized carbons (Fsp3) is 0.833. The van der Waals surface area contributed by atoms with Gasteiger partial charge >= 0.3 is 5.97 Å². The zero-order valence-electron chi connectivity index (χ0n) is 10.6. The van der Waals surface area contributed by atoms with Crippen molar-refractivity contribution in [3.63, 3.8) is 0 Å². The highest BCUT2D eigenvalue weighted by Crippen LogP contribution is 2.34. The van der Waals surface area contributed by atoms with Crippen LogP contribution in [0.2, 0.25) is 0 Å². The number of aliphatic carboxylic acids is 1. The molecule has 4 nitrogen and oxygen atoms in total. The van der Waals surface area contributed by atoms with E-state index in [1.165, 1.54) is 0 Å². The maximum atomic E-state index is 12.0. The van der Waals surface area contributed by atoms with Crippen molar-refractivity contribution in [3.05, 3.63) is 0 Å². The Labute approximate surface area is 107 Å². The van der Waals surface area contributed by atoms with E-state index in [1.54, 1.807) is 16.7 Å². The number of hydrogen-bond donors (Lipinski definition) is 1. The van der Waals surface area contributed by atoms with Crippen LogP contribution in [0.5, 0.6) is 0 Å². The Morgan fingerprint density at radius 1 is 1.47 bits per heavy atom. The number of thioether (sulfide) groups is 1. The minimum atomic E-state index is -0.926. The molecule has 1 atom stereocenters. The van der Waals surface area contributed by atoms with Gasteiger partial charge < -0.3 is 10.0 Å². The Balaban J connectivity index is 2.81. The molecule has 0 bridgehead atoms. The molecule has 1 heterocycles. The SMILES string of the molecule is CCCC1(C(=O)O)CCCN1C(=O)CCSC. The molecule has 0 aromatic heterocycles. The van der Waals surface area contributed by atoms with Crippen LogP contribution in [0.15, 0.2) is 0 Å². The van der Waals surface area contributed by atoms with Gasteiger partial charge in [0.25, 0.3) is 0 Å². The number of amides is 1. The first-order valence-corrected chi connectivity index (χ1v) is 7.50. The summed E-state index contributed by atoms with van der Waals surface area (Å²) in [6, 6.07) is 0. The molecular weight excluding hydrogens is 238 g/mol. The fourth-order valence-electron chi connectivity index (χ4n) is 2.57. The second kappa shape index (κ2) is 6.28. The van der Waals surface area contributed by atoms with Crippen LogP contribution < -0.4 is 0 Å². The summed E-state index contributed by atoms with van der Waals surface area (Å²) in [4.78, 5) is 25.2. The lowest BCUT2D eigenvalue weighted by molar-refractivity contribution is -0.157. The molecule has 0 radical (unpaired) electrons. The number of hydrogen-bond acceptors (Lipinski definition) is 3. The summed E-state index contributed by atoms with van der Waals surface area (Å²) in [7, 11) is 0. The van der Waals surface area contributed by atoms with E-state index in [2.05, 4.69) is 0 Å². The second-order valence-corrected chi connectivity index (χ2v) is 5.46. The lowest BCUT2D eigenvalue weighted by Crippen LogP contribution is -2.53. The van der Waals surface area contributed by atoms with Crippen molar-refractivity contribution in [1.82, 2.24) is 4.90 Å². The third kappa shape index (κ3) is 2.94. The number of nitrogens with zero attached hydrogens (tertiary/aromatic N) is 1. The van der Waals surface area contributed by atoms with Crippen molar-refractivity contribution in [3.8, 4) is 0 Å². The van der Waals surface area contributed by atoms with Gasteiger partial charge in [0.05, 0.1) is 0 Å². The third-order valence-corrected chi connectivity index (χ3v) is 3.98. The van der Waals surface area contributed by atoms with Crippen LogP contribution in [0.3, 0.4) is 0 Å². The smallest absolute Gasteiger partial charge is 0.329 e. The van der Waals surface area contributed by atoms with E-state index in [9.17, 15) is 14.7 Å². The number of carbonyl (C=O) groups is 2. The summed E-state index contributed by atoms with van der Waals surface area (Å²) in [6.07, 6.45) is 5.15. The average Bonchev–Trinajstić information content (AvgIpc) is 2.71. The molecule has 1 aliphatic heterocycles. The highest BCUT2D eigenvalue weighted by atomic mass is 32.2. The van der Waals surface area contributed by atoms with Crippen LogP contribution >= 0.6 is 11.8 Å². The number of likely N-dealkylation sites (tertiary alicyclic amines) is 1. The Hall–Kier alpha value is -0.710. The normalized spacial score (nSPS) is 24.0. The minimum Gasteiger partial charge on any atom is -0.479 e. The summed E-state index contributed by atoms with van der Waals surface area (Å²) in [5.41, 5.74) is -0.926. The monoisotopic (exact) mass is 259 g/mol. The van der Waals surface area contributed by atoms with Crippen LogP contribution in [-0.4, -0.2) is 46.0 Å². The molecule has 0 aliphatic carbocycles. The molecule has 1 rings (SSSR count). The van der Waals surface area contributed by atoms with Crippen molar-refractivity contribution >= 4 is 23.6 Å². The van der Waals surface area contributed by atoms with Gasteiger partial charge in [0, 0.05) is 18.7 Å². The highest BCUT2D eigenvalue weighted by molar-refractivity contribution is 7.98. The highest BCUT2D eigenvalue weighted by Gasteiger charge is 2.48. The molecule has 0 saturated carbocycles. The molecule has 1 unspecified atom stereocenters. The molecule has 0 spiro atoms. The largest absolute Gasteiger partial charge is 0.479 e. The van der Waals surface area contributed by atoms with Gasteiger partial charge in [0.1, 0.15) is 5.54 Å². The molecule has 17 heavy (non-hydrogen) atoms. The van der Waals surface area contributed by atoms with Crippen molar-refractivity contribution in [2.24, 2.45) is 0 Å². The molecule has 1 saturated heterocycles. The Morgan fingerprint density at radius 2 is 2.18 bits per heavy atom. The molecule has 98 valence electrons. The molecule has 1 N–H and O–H groups in total. The maximum absolute atomic E-state index is 12.0. The Kier molecular flexibility index (Phi) is 5.31. The molecular formula is C12H21NO3S. The van der Waals surface area contributed by atoms with Crippen LogP contribution in [0.4, 0.5) is 0 Å². The van der Waals surface area contributed by atoms with Crippen molar-refractivity contribution in [2.75, 3.05) is 18.6 Å². The van der Waals surface area contributed by atoms with E-state index < -0.39 is 11.5 Å². The minimum absolute atomic E-state index is 0.00676. The van der Waals surface area contributed by atoms with Crippen LogP contribution in [0.1, 0.15) is 39.0 Å². The third-order valence-electron chi connectivity index (χ3n) is 3.37. The lowest BCUT2D eigenvalue weighted by Gasteiger charge is -2.34.